The van der Waals surface area contributed by atoms with E-state index in [1.165, 1.54) is 22.8 Å². The van der Waals surface area contributed by atoms with Gasteiger partial charge >= 0.3 is 5.69 Å². The number of aromatic nitrogens is 3. The third kappa shape index (κ3) is 4.62. The molecule has 7 nitrogen and oxygen atoms in total. The smallest absolute Gasteiger partial charge is 0.344 e. The summed E-state index contributed by atoms with van der Waals surface area (Å²) in [4.78, 5) is 23.9. The molecular weight excluding hydrogens is 371 g/mol. The first-order valence-electron chi connectivity index (χ1n) is 7.67. The molecule has 1 fully saturated rings. The first kappa shape index (κ1) is 18.0. The SMILES string of the molecule is O=C(CSc1n[nH]c(=O)n1CC1CCCO1)Nc1ccc(F)c(Cl)c1. The Labute approximate surface area is 151 Å². The van der Waals surface area contributed by atoms with E-state index < -0.39 is 5.82 Å². The van der Waals surface area contributed by atoms with Crippen LogP contribution < -0.4 is 11.0 Å². The van der Waals surface area contributed by atoms with Gasteiger partial charge in [-0.2, -0.15) is 0 Å². The third-order valence-corrected chi connectivity index (χ3v) is 4.94. The zero-order valence-corrected chi connectivity index (χ0v) is 14.7. The Kier molecular flexibility index (Phi) is 5.77. The van der Waals surface area contributed by atoms with Crippen molar-refractivity contribution in [2.75, 3.05) is 17.7 Å². The molecule has 1 atom stereocenters. The van der Waals surface area contributed by atoms with Crippen LogP contribution in [0.1, 0.15) is 12.8 Å². The number of aromatic amines is 1. The number of ether oxygens (including phenoxy) is 1. The van der Waals surface area contributed by atoms with E-state index in [0.29, 0.717) is 24.0 Å². The first-order valence-corrected chi connectivity index (χ1v) is 9.04. The molecular formula is C15H16ClFN4O3S. The highest BCUT2D eigenvalue weighted by atomic mass is 35.5. The number of H-pyrrole nitrogens is 1. The van der Waals surface area contributed by atoms with Gasteiger partial charge in [-0.3, -0.25) is 9.36 Å². The van der Waals surface area contributed by atoms with Crippen molar-refractivity contribution < 1.29 is 13.9 Å². The number of halogens is 2. The van der Waals surface area contributed by atoms with Gasteiger partial charge in [0.25, 0.3) is 0 Å². The predicted octanol–water partition coefficient (Wildman–Crippen LogP) is 2.27. The average Bonchev–Trinajstić information content (AvgIpc) is 3.21. The van der Waals surface area contributed by atoms with Crippen molar-refractivity contribution in [3.05, 3.63) is 39.5 Å². The monoisotopic (exact) mass is 386 g/mol. The molecule has 0 saturated carbocycles. The Morgan fingerprint density at radius 2 is 2.40 bits per heavy atom. The van der Waals surface area contributed by atoms with Gasteiger partial charge in [0.05, 0.1) is 23.4 Å². The number of nitrogens with zero attached hydrogens (tertiary/aromatic N) is 2. The van der Waals surface area contributed by atoms with Crippen molar-refractivity contribution in [1.82, 2.24) is 14.8 Å². The van der Waals surface area contributed by atoms with Gasteiger partial charge < -0.3 is 10.1 Å². The number of amides is 1. The van der Waals surface area contributed by atoms with Gasteiger partial charge in [-0.15, -0.1) is 5.10 Å². The number of rotatable bonds is 6. The Morgan fingerprint density at radius 3 is 3.12 bits per heavy atom. The third-order valence-electron chi connectivity index (χ3n) is 3.67. The molecule has 1 aliphatic rings. The minimum absolute atomic E-state index is 0.00941. The summed E-state index contributed by atoms with van der Waals surface area (Å²) >= 11 is 6.81. The van der Waals surface area contributed by atoms with Crippen molar-refractivity contribution in [1.29, 1.82) is 0 Å². The summed E-state index contributed by atoms with van der Waals surface area (Å²) in [5, 5.41) is 9.31. The summed E-state index contributed by atoms with van der Waals surface area (Å²) in [7, 11) is 0. The summed E-state index contributed by atoms with van der Waals surface area (Å²) in [5.74, 6) is -0.819. The average molecular weight is 387 g/mol. The van der Waals surface area contributed by atoms with E-state index in [0.717, 1.165) is 24.6 Å². The van der Waals surface area contributed by atoms with Crippen LogP contribution in [-0.4, -0.2) is 39.1 Å². The van der Waals surface area contributed by atoms with Gasteiger partial charge in [0.15, 0.2) is 5.16 Å². The summed E-state index contributed by atoms with van der Waals surface area (Å²) in [5.41, 5.74) is 0.0690. The molecule has 1 aromatic heterocycles. The lowest BCUT2D eigenvalue weighted by molar-refractivity contribution is -0.113. The second kappa shape index (κ2) is 8.03. The maximum atomic E-state index is 13.1. The van der Waals surface area contributed by atoms with E-state index in [1.54, 1.807) is 0 Å². The molecule has 0 aliphatic carbocycles. The lowest BCUT2D eigenvalue weighted by Gasteiger charge is -2.11. The van der Waals surface area contributed by atoms with E-state index in [4.69, 9.17) is 16.3 Å². The van der Waals surface area contributed by atoms with Crippen LogP contribution in [0.4, 0.5) is 10.1 Å². The summed E-state index contributed by atoms with van der Waals surface area (Å²) < 4.78 is 20.1. The van der Waals surface area contributed by atoms with Crippen molar-refractivity contribution in [2.24, 2.45) is 0 Å². The fourth-order valence-corrected chi connectivity index (χ4v) is 3.40. The molecule has 0 bridgehead atoms. The van der Waals surface area contributed by atoms with E-state index in [2.05, 4.69) is 15.5 Å². The molecule has 1 amide bonds. The predicted molar refractivity (Wildman–Crippen MR) is 92.6 cm³/mol. The normalized spacial score (nSPS) is 17.0. The number of anilines is 1. The van der Waals surface area contributed by atoms with E-state index in [-0.39, 0.29) is 28.5 Å². The minimum atomic E-state index is -0.552. The first-order chi connectivity index (χ1) is 12.0. The second-order valence-electron chi connectivity index (χ2n) is 5.52. The zero-order valence-electron chi connectivity index (χ0n) is 13.1. The van der Waals surface area contributed by atoms with Crippen LogP contribution in [0, 0.1) is 5.82 Å². The second-order valence-corrected chi connectivity index (χ2v) is 6.87. The van der Waals surface area contributed by atoms with Gasteiger partial charge in [0.2, 0.25) is 5.91 Å². The number of hydrogen-bond acceptors (Lipinski definition) is 5. The fourth-order valence-electron chi connectivity index (χ4n) is 2.47. The number of nitrogens with one attached hydrogen (secondary N) is 2. The fraction of sp³-hybridized carbons (Fsp3) is 0.400. The van der Waals surface area contributed by atoms with Gasteiger partial charge in [-0.05, 0) is 31.0 Å². The summed E-state index contributed by atoms with van der Waals surface area (Å²) in [6.45, 7) is 1.11. The molecule has 1 aromatic carbocycles. The Balaban J connectivity index is 1.58. The molecule has 10 heteroatoms. The van der Waals surface area contributed by atoms with Crippen LogP contribution in [0.2, 0.25) is 5.02 Å². The van der Waals surface area contributed by atoms with Gasteiger partial charge in [-0.25, -0.2) is 14.3 Å². The molecule has 2 heterocycles. The van der Waals surface area contributed by atoms with Crippen molar-refractivity contribution in [3.8, 4) is 0 Å². The molecule has 1 saturated heterocycles. The molecule has 1 unspecified atom stereocenters. The number of thioether (sulfide) groups is 1. The topological polar surface area (TPSA) is 89.0 Å². The largest absolute Gasteiger partial charge is 0.376 e. The molecule has 25 heavy (non-hydrogen) atoms. The van der Waals surface area contributed by atoms with Crippen LogP contribution in [0.15, 0.2) is 28.2 Å². The highest BCUT2D eigenvalue weighted by Crippen LogP contribution is 2.21. The van der Waals surface area contributed by atoms with E-state index >= 15 is 0 Å². The van der Waals surface area contributed by atoms with Gasteiger partial charge in [0, 0.05) is 12.3 Å². The molecule has 3 rings (SSSR count). The van der Waals surface area contributed by atoms with Crippen LogP contribution in [-0.2, 0) is 16.1 Å². The highest BCUT2D eigenvalue weighted by molar-refractivity contribution is 7.99. The Bertz CT molecular complexity index is 819. The lowest BCUT2D eigenvalue weighted by Crippen LogP contribution is -2.25. The van der Waals surface area contributed by atoms with Crippen LogP contribution in [0.5, 0.6) is 0 Å². The van der Waals surface area contributed by atoms with Crippen LogP contribution >= 0.6 is 23.4 Å². The van der Waals surface area contributed by atoms with Gasteiger partial charge in [0.1, 0.15) is 5.82 Å². The zero-order chi connectivity index (χ0) is 17.8. The van der Waals surface area contributed by atoms with Crippen molar-refractivity contribution in [3.63, 3.8) is 0 Å². The molecule has 0 spiro atoms. The molecule has 2 aromatic rings. The van der Waals surface area contributed by atoms with E-state index in [1.807, 2.05) is 0 Å². The Hall–Kier alpha value is -1.84. The van der Waals surface area contributed by atoms with Crippen molar-refractivity contribution >= 4 is 35.0 Å². The van der Waals surface area contributed by atoms with Crippen molar-refractivity contribution in [2.45, 2.75) is 30.6 Å². The number of carbonyl (C=O) groups is 1. The molecule has 0 radical (unpaired) electrons. The van der Waals surface area contributed by atoms with Crippen LogP contribution in [0.25, 0.3) is 0 Å². The van der Waals surface area contributed by atoms with Gasteiger partial charge in [-0.1, -0.05) is 23.4 Å². The highest BCUT2D eigenvalue weighted by Gasteiger charge is 2.20. The summed E-state index contributed by atoms with van der Waals surface area (Å²) in [6, 6.07) is 3.94. The maximum Gasteiger partial charge on any atom is 0.344 e. The summed E-state index contributed by atoms with van der Waals surface area (Å²) in [6.07, 6.45) is 1.86. The van der Waals surface area contributed by atoms with E-state index in [9.17, 15) is 14.0 Å². The number of hydrogen-bond donors (Lipinski definition) is 2. The number of carbonyl (C=O) groups excluding carboxylic acids is 1. The molecule has 1 aliphatic heterocycles. The lowest BCUT2D eigenvalue weighted by atomic mass is 10.2. The molecule has 2 N–H and O–H groups in total. The quantitative estimate of drug-likeness (QED) is 0.743. The minimum Gasteiger partial charge on any atom is -0.376 e. The standard InChI is InChI=1S/C15H16ClFN4O3S/c16-11-6-9(3-4-12(11)17)18-13(22)8-25-15-20-19-14(23)21(15)7-10-2-1-5-24-10/h3-4,6,10H,1-2,5,7-8H2,(H,18,22)(H,19,23). The molecule has 134 valence electrons. The Morgan fingerprint density at radius 1 is 1.56 bits per heavy atom. The maximum absolute atomic E-state index is 13.1. The van der Waals surface area contributed by atoms with Crippen LogP contribution in [0.3, 0.4) is 0 Å². The number of benzene rings is 1.